The molecular weight excluding hydrogens is 476 g/mol. The standard InChI is InChI=1S/C13H18O6.4C2H4O2/c14-7-10(16)12(18)13(19)11(17)9(15)6-8-4-2-1-3-5-8;4*1-2(3)4/h1-5,10-14,16-19H,6-7H2;4*1H3,(H,3,4)/t10-,11+,12+,13-;;;;/m1..../s1. The van der Waals surface area contributed by atoms with Crippen molar-refractivity contribution in [1.29, 1.82) is 0 Å². The number of aliphatic hydroxyl groups is 5. The van der Waals surface area contributed by atoms with Gasteiger partial charge in [-0.25, -0.2) is 0 Å². The van der Waals surface area contributed by atoms with E-state index in [4.69, 9.17) is 49.8 Å². The first-order chi connectivity index (χ1) is 15.9. The van der Waals surface area contributed by atoms with Crippen molar-refractivity contribution in [3.8, 4) is 0 Å². The fourth-order valence-electron chi connectivity index (χ4n) is 1.61. The van der Waals surface area contributed by atoms with Gasteiger partial charge in [-0.05, 0) is 5.56 Å². The van der Waals surface area contributed by atoms with E-state index in [0.717, 1.165) is 27.7 Å². The number of aliphatic hydroxyl groups excluding tert-OH is 5. The lowest BCUT2D eigenvalue weighted by atomic mass is 9.97. The normalized spacial score (nSPS) is 12.4. The van der Waals surface area contributed by atoms with Crippen molar-refractivity contribution in [3.63, 3.8) is 0 Å². The van der Waals surface area contributed by atoms with Crippen LogP contribution in [-0.2, 0) is 30.4 Å². The number of hydrogen-bond donors (Lipinski definition) is 9. The van der Waals surface area contributed by atoms with Crippen LogP contribution < -0.4 is 0 Å². The third kappa shape index (κ3) is 35.3. The van der Waals surface area contributed by atoms with Gasteiger partial charge < -0.3 is 46.0 Å². The molecule has 0 fully saturated rings. The molecule has 0 saturated carbocycles. The summed E-state index contributed by atoms with van der Waals surface area (Å²) in [6.07, 6.45) is -7.18. The zero-order valence-electron chi connectivity index (χ0n) is 19.7. The van der Waals surface area contributed by atoms with Crippen LogP contribution in [0.15, 0.2) is 30.3 Å². The number of carbonyl (C=O) groups is 5. The molecule has 0 saturated heterocycles. The Hall–Kier alpha value is -3.43. The van der Waals surface area contributed by atoms with Gasteiger partial charge in [0.2, 0.25) is 0 Å². The molecule has 0 bridgehead atoms. The second-order valence-electron chi connectivity index (χ2n) is 6.38. The number of benzene rings is 1. The lowest BCUT2D eigenvalue weighted by Crippen LogP contribution is -2.49. The van der Waals surface area contributed by atoms with Crippen molar-refractivity contribution in [2.45, 2.75) is 58.5 Å². The van der Waals surface area contributed by atoms with Crippen LogP contribution in [0.25, 0.3) is 0 Å². The minimum Gasteiger partial charge on any atom is -0.481 e. The number of hydrogen-bond acceptors (Lipinski definition) is 10. The molecule has 14 nitrogen and oxygen atoms in total. The van der Waals surface area contributed by atoms with E-state index < -0.39 is 60.7 Å². The summed E-state index contributed by atoms with van der Waals surface area (Å²) in [4.78, 5) is 47.7. The number of aliphatic carboxylic acids is 4. The van der Waals surface area contributed by atoms with E-state index in [1.54, 1.807) is 30.3 Å². The molecule has 202 valence electrons. The van der Waals surface area contributed by atoms with E-state index in [2.05, 4.69) is 0 Å². The summed E-state index contributed by atoms with van der Waals surface area (Å²) >= 11 is 0. The van der Waals surface area contributed by atoms with E-state index in [1.807, 2.05) is 0 Å². The molecule has 0 radical (unpaired) electrons. The third-order valence-corrected chi connectivity index (χ3v) is 2.81. The average molecular weight is 510 g/mol. The second-order valence-corrected chi connectivity index (χ2v) is 6.38. The van der Waals surface area contributed by atoms with Gasteiger partial charge in [-0.3, -0.25) is 24.0 Å². The summed E-state index contributed by atoms with van der Waals surface area (Å²) in [5.74, 6) is -4.01. The van der Waals surface area contributed by atoms with Crippen molar-refractivity contribution in [3.05, 3.63) is 35.9 Å². The first kappa shape index (κ1) is 38.8. The fourth-order valence-corrected chi connectivity index (χ4v) is 1.61. The summed E-state index contributed by atoms with van der Waals surface area (Å²) in [7, 11) is 0. The molecule has 35 heavy (non-hydrogen) atoms. The van der Waals surface area contributed by atoms with Gasteiger partial charge in [0.15, 0.2) is 5.78 Å². The molecule has 1 aromatic carbocycles. The van der Waals surface area contributed by atoms with E-state index in [-0.39, 0.29) is 6.42 Å². The number of carboxylic acid groups (broad SMARTS) is 4. The second kappa shape index (κ2) is 23.7. The maximum absolute atomic E-state index is 11.7. The Balaban J connectivity index is -0.000000244. The molecule has 0 aliphatic rings. The molecule has 0 aliphatic heterocycles. The number of ketones is 1. The van der Waals surface area contributed by atoms with Crippen LogP contribution in [0.3, 0.4) is 0 Å². The van der Waals surface area contributed by atoms with Crippen LogP contribution in [0.2, 0.25) is 0 Å². The predicted octanol–water partition coefficient (Wildman–Crippen LogP) is -1.40. The molecular formula is C21H34O14. The Labute approximate surface area is 201 Å². The van der Waals surface area contributed by atoms with Crippen LogP contribution in [0.4, 0.5) is 0 Å². The quantitative estimate of drug-likeness (QED) is 0.204. The molecule has 1 rings (SSSR count). The number of carboxylic acids is 4. The molecule has 0 aliphatic carbocycles. The van der Waals surface area contributed by atoms with E-state index in [1.165, 1.54) is 0 Å². The number of Topliss-reactive ketones (excluding diaryl/α,β-unsaturated/α-hetero) is 1. The number of carbonyl (C=O) groups excluding carboxylic acids is 1. The number of rotatable bonds is 7. The zero-order chi connectivity index (χ0) is 28.7. The highest BCUT2D eigenvalue weighted by molar-refractivity contribution is 5.85. The van der Waals surface area contributed by atoms with Gasteiger partial charge >= 0.3 is 0 Å². The minimum atomic E-state index is -1.85. The Kier molecular flexibility index (Phi) is 26.3. The van der Waals surface area contributed by atoms with Crippen LogP contribution in [-0.4, -0.2) is 107 Å². The Morgan fingerprint density at radius 2 is 0.971 bits per heavy atom. The van der Waals surface area contributed by atoms with E-state index >= 15 is 0 Å². The predicted molar refractivity (Wildman–Crippen MR) is 120 cm³/mol. The highest BCUT2D eigenvalue weighted by Gasteiger charge is 2.33. The monoisotopic (exact) mass is 510 g/mol. The van der Waals surface area contributed by atoms with Crippen LogP contribution in [0.1, 0.15) is 33.3 Å². The first-order valence-corrected chi connectivity index (χ1v) is 9.58. The maximum Gasteiger partial charge on any atom is 0.300 e. The smallest absolute Gasteiger partial charge is 0.300 e. The molecule has 4 atom stereocenters. The van der Waals surface area contributed by atoms with Gasteiger partial charge in [-0.15, -0.1) is 0 Å². The van der Waals surface area contributed by atoms with Gasteiger partial charge in [-0.2, -0.15) is 0 Å². The van der Waals surface area contributed by atoms with Crippen molar-refractivity contribution in [1.82, 2.24) is 0 Å². The molecule has 0 spiro atoms. The molecule has 0 amide bonds. The molecule has 0 unspecified atom stereocenters. The van der Waals surface area contributed by atoms with Gasteiger partial charge in [0.1, 0.15) is 24.4 Å². The topological polar surface area (TPSA) is 267 Å². The van der Waals surface area contributed by atoms with Crippen molar-refractivity contribution in [2.75, 3.05) is 6.61 Å². The molecule has 14 heteroatoms. The fraction of sp³-hybridized carbons (Fsp3) is 0.476. The first-order valence-electron chi connectivity index (χ1n) is 9.58. The summed E-state index contributed by atoms with van der Waals surface area (Å²) in [6, 6.07) is 8.62. The summed E-state index contributed by atoms with van der Waals surface area (Å²) in [6.45, 7) is 3.55. The zero-order valence-corrected chi connectivity index (χ0v) is 19.7. The Morgan fingerprint density at radius 1 is 0.657 bits per heavy atom. The SMILES string of the molecule is CC(=O)O.CC(=O)O.CC(=O)O.CC(=O)O.O=C(Cc1ccccc1)[C@H](O)[C@@H](O)[C@@H](O)[C@H](O)CO. The van der Waals surface area contributed by atoms with Gasteiger partial charge in [-0.1, -0.05) is 30.3 Å². The van der Waals surface area contributed by atoms with Crippen molar-refractivity contribution >= 4 is 29.7 Å². The maximum atomic E-state index is 11.7. The van der Waals surface area contributed by atoms with Crippen LogP contribution in [0.5, 0.6) is 0 Å². The van der Waals surface area contributed by atoms with E-state index in [0.29, 0.717) is 5.56 Å². The average Bonchev–Trinajstić information content (AvgIpc) is 2.70. The highest BCUT2D eigenvalue weighted by Crippen LogP contribution is 2.09. The summed E-state index contributed by atoms with van der Waals surface area (Å²) < 4.78 is 0. The molecule has 0 heterocycles. The summed E-state index contributed by atoms with van der Waals surface area (Å²) in [5, 5.41) is 76.0. The van der Waals surface area contributed by atoms with Gasteiger partial charge in [0.25, 0.3) is 23.9 Å². The van der Waals surface area contributed by atoms with E-state index in [9.17, 15) is 20.1 Å². The van der Waals surface area contributed by atoms with Crippen LogP contribution in [0, 0.1) is 0 Å². The van der Waals surface area contributed by atoms with Crippen molar-refractivity contribution < 1.29 is 69.9 Å². The molecule has 0 aromatic heterocycles. The third-order valence-electron chi connectivity index (χ3n) is 2.81. The lowest BCUT2D eigenvalue weighted by Gasteiger charge is -2.24. The van der Waals surface area contributed by atoms with Gasteiger partial charge in [0, 0.05) is 34.1 Å². The Bertz CT molecular complexity index is 671. The van der Waals surface area contributed by atoms with Crippen molar-refractivity contribution in [2.24, 2.45) is 0 Å². The Morgan fingerprint density at radius 3 is 1.26 bits per heavy atom. The summed E-state index contributed by atoms with van der Waals surface area (Å²) in [5.41, 5.74) is 0.663. The largest absolute Gasteiger partial charge is 0.481 e. The van der Waals surface area contributed by atoms with Crippen LogP contribution >= 0.6 is 0 Å². The molecule has 9 N–H and O–H groups in total. The highest BCUT2D eigenvalue weighted by atomic mass is 16.4. The van der Waals surface area contributed by atoms with Gasteiger partial charge in [0.05, 0.1) is 6.61 Å². The molecule has 1 aromatic rings. The lowest BCUT2D eigenvalue weighted by molar-refractivity contribution is -0.146. The minimum absolute atomic E-state index is 0.0962.